The summed E-state index contributed by atoms with van der Waals surface area (Å²) in [5, 5.41) is 12.2. The van der Waals surface area contributed by atoms with Crippen LogP contribution in [-0.2, 0) is 4.79 Å². The van der Waals surface area contributed by atoms with Crippen molar-refractivity contribution < 1.29 is 9.53 Å². The van der Waals surface area contributed by atoms with Gasteiger partial charge in [-0.15, -0.1) is 0 Å². The Kier molecular flexibility index (Phi) is 3.85. The van der Waals surface area contributed by atoms with E-state index in [0.29, 0.717) is 12.8 Å². The Morgan fingerprint density at radius 3 is 2.61 bits per heavy atom. The van der Waals surface area contributed by atoms with Crippen LogP contribution in [0.5, 0.6) is 0 Å². The van der Waals surface area contributed by atoms with Gasteiger partial charge < -0.3 is 5.21 Å². The number of hydrogen-bond donors (Lipinski definition) is 0. The lowest BCUT2D eigenvalue weighted by molar-refractivity contribution is -0.525. The summed E-state index contributed by atoms with van der Waals surface area (Å²) in [7, 11) is 0. The van der Waals surface area contributed by atoms with Crippen molar-refractivity contribution in [3.63, 3.8) is 0 Å². The number of carbonyl (C=O) groups is 1. The van der Waals surface area contributed by atoms with Crippen molar-refractivity contribution in [2.75, 3.05) is 0 Å². The molecule has 1 unspecified atom stereocenters. The Morgan fingerprint density at radius 2 is 2.00 bits per heavy atom. The van der Waals surface area contributed by atoms with Crippen molar-refractivity contribution in [1.82, 2.24) is 0 Å². The normalized spacial score (nSPS) is 25.2. The molecule has 1 aromatic carbocycles. The molecule has 1 aliphatic rings. The molecule has 0 bridgehead atoms. The van der Waals surface area contributed by atoms with Crippen molar-refractivity contribution in [1.29, 1.82) is 0 Å². The van der Waals surface area contributed by atoms with E-state index in [0.717, 1.165) is 27.6 Å². The topological polar surface area (TPSA) is 43.1 Å². The van der Waals surface area contributed by atoms with Crippen LogP contribution in [-0.4, -0.2) is 22.3 Å². The molecule has 0 aromatic heterocycles. The highest BCUT2D eigenvalue weighted by molar-refractivity contribution is 9.10. The van der Waals surface area contributed by atoms with Gasteiger partial charge in [-0.25, -0.2) is 0 Å². The molecule has 0 N–H and O–H groups in total. The number of benzene rings is 1. The lowest BCUT2D eigenvalue weighted by Crippen LogP contribution is -2.46. The van der Waals surface area contributed by atoms with E-state index in [1.807, 2.05) is 24.3 Å². The summed E-state index contributed by atoms with van der Waals surface area (Å²) in [6, 6.07) is 7.46. The maximum Gasteiger partial charge on any atom is 0.227 e. The van der Waals surface area contributed by atoms with Crippen LogP contribution in [0.25, 0.3) is 0 Å². The van der Waals surface area contributed by atoms with Crippen LogP contribution in [0.2, 0.25) is 0 Å². The average Bonchev–Trinajstić information content (AvgIpc) is 2.36. The molecular formula is C14H16BrNO2. The van der Waals surface area contributed by atoms with Crippen molar-refractivity contribution in [2.24, 2.45) is 0 Å². The van der Waals surface area contributed by atoms with E-state index in [9.17, 15) is 10.0 Å². The van der Waals surface area contributed by atoms with E-state index in [1.165, 1.54) is 6.21 Å². The van der Waals surface area contributed by atoms with Gasteiger partial charge in [-0.1, -0.05) is 15.9 Å². The zero-order valence-electron chi connectivity index (χ0n) is 10.4. The minimum atomic E-state index is -0.884. The van der Waals surface area contributed by atoms with E-state index in [1.54, 1.807) is 6.92 Å². The van der Waals surface area contributed by atoms with Crippen LogP contribution in [0.4, 0.5) is 0 Å². The van der Waals surface area contributed by atoms with Crippen LogP contribution in [0.1, 0.15) is 38.2 Å². The number of nitrogens with zero attached hydrogens (tertiary/aromatic N) is 1. The first-order valence-electron chi connectivity index (χ1n) is 6.12. The maximum absolute atomic E-state index is 12.2. The Bertz CT molecular complexity index is 481. The number of rotatable bonds is 2. The third-order valence-electron chi connectivity index (χ3n) is 3.54. The van der Waals surface area contributed by atoms with Gasteiger partial charge >= 0.3 is 0 Å². The zero-order chi connectivity index (χ0) is 13.2. The van der Waals surface area contributed by atoms with Crippen LogP contribution >= 0.6 is 15.9 Å². The van der Waals surface area contributed by atoms with Gasteiger partial charge in [0.25, 0.3) is 0 Å². The fourth-order valence-electron chi connectivity index (χ4n) is 2.22. The molecule has 18 heavy (non-hydrogen) atoms. The maximum atomic E-state index is 12.2. The lowest BCUT2D eigenvalue weighted by Gasteiger charge is -2.30. The summed E-state index contributed by atoms with van der Waals surface area (Å²) < 4.78 is 1.80. The standard InChI is InChI=1S/C14H16BrNO2/c1-14(9-3-2-4-13(14)17)16(18)10-11-5-7-12(15)8-6-11/h5-8,10H,2-4,9H2,1H3/b16-10-. The second-order valence-corrected chi connectivity index (χ2v) is 5.83. The predicted molar refractivity (Wildman–Crippen MR) is 74.8 cm³/mol. The second-order valence-electron chi connectivity index (χ2n) is 4.91. The lowest BCUT2D eigenvalue weighted by atomic mass is 9.82. The molecule has 1 saturated carbocycles. The van der Waals surface area contributed by atoms with E-state index in [4.69, 9.17) is 0 Å². The number of hydrogen-bond acceptors (Lipinski definition) is 2. The van der Waals surface area contributed by atoms with E-state index in [2.05, 4.69) is 15.9 Å². The Balaban J connectivity index is 2.26. The molecule has 0 saturated heterocycles. The summed E-state index contributed by atoms with van der Waals surface area (Å²) >= 11 is 3.35. The van der Waals surface area contributed by atoms with Gasteiger partial charge in [0, 0.05) is 29.8 Å². The molecule has 4 heteroatoms. The number of Topliss-reactive ketones (excluding diaryl/α,β-unsaturated/α-hetero) is 1. The molecule has 0 heterocycles. The highest BCUT2D eigenvalue weighted by Crippen LogP contribution is 2.27. The van der Waals surface area contributed by atoms with Gasteiger partial charge in [0.1, 0.15) is 0 Å². The molecule has 0 spiro atoms. The SMILES string of the molecule is CC1(/[N+]([O-])=C/c2ccc(Br)cc2)CCCCC1=O. The first kappa shape index (κ1) is 13.3. The van der Waals surface area contributed by atoms with Crippen molar-refractivity contribution in [3.05, 3.63) is 39.5 Å². The number of carbonyl (C=O) groups excluding carboxylic acids is 1. The van der Waals surface area contributed by atoms with Gasteiger partial charge in [0.15, 0.2) is 6.21 Å². The minimum Gasteiger partial charge on any atom is -0.623 e. The molecule has 1 aromatic rings. The molecular weight excluding hydrogens is 294 g/mol. The fraction of sp³-hybridized carbons (Fsp3) is 0.429. The average molecular weight is 310 g/mol. The monoisotopic (exact) mass is 309 g/mol. The van der Waals surface area contributed by atoms with Crippen molar-refractivity contribution in [3.8, 4) is 0 Å². The Hall–Kier alpha value is -1.16. The molecule has 3 nitrogen and oxygen atoms in total. The Morgan fingerprint density at radius 1 is 1.33 bits per heavy atom. The molecule has 0 aliphatic heterocycles. The van der Waals surface area contributed by atoms with Crippen molar-refractivity contribution in [2.45, 2.75) is 38.1 Å². The molecule has 96 valence electrons. The third kappa shape index (κ3) is 2.64. The molecule has 2 rings (SSSR count). The molecule has 1 atom stereocenters. The van der Waals surface area contributed by atoms with Gasteiger partial charge in [-0.2, -0.15) is 4.74 Å². The minimum absolute atomic E-state index is 0.0529. The molecule has 0 radical (unpaired) electrons. The molecule has 1 aliphatic carbocycles. The molecule has 1 fully saturated rings. The van der Waals surface area contributed by atoms with Gasteiger partial charge in [-0.3, -0.25) is 4.79 Å². The Labute approximate surface area is 115 Å². The van der Waals surface area contributed by atoms with Crippen molar-refractivity contribution >= 4 is 27.9 Å². The highest BCUT2D eigenvalue weighted by atomic mass is 79.9. The van der Waals surface area contributed by atoms with Crippen LogP contribution in [0.3, 0.4) is 0 Å². The van der Waals surface area contributed by atoms with E-state index in [-0.39, 0.29) is 5.78 Å². The summed E-state index contributed by atoms with van der Waals surface area (Å²) in [5.74, 6) is 0.0529. The number of hydroxylamine groups is 1. The van der Waals surface area contributed by atoms with E-state index >= 15 is 0 Å². The zero-order valence-corrected chi connectivity index (χ0v) is 11.9. The van der Waals surface area contributed by atoms with Crippen LogP contribution in [0.15, 0.2) is 28.7 Å². The number of ketones is 1. The molecule has 0 amide bonds. The smallest absolute Gasteiger partial charge is 0.227 e. The highest BCUT2D eigenvalue weighted by Gasteiger charge is 2.42. The quantitative estimate of drug-likeness (QED) is 0.364. The fourth-order valence-corrected chi connectivity index (χ4v) is 2.49. The van der Waals surface area contributed by atoms with Gasteiger partial charge in [0.05, 0.1) is 0 Å². The predicted octanol–water partition coefficient (Wildman–Crippen LogP) is 3.28. The van der Waals surface area contributed by atoms with Crippen LogP contribution < -0.4 is 0 Å². The largest absolute Gasteiger partial charge is 0.623 e. The summed E-state index contributed by atoms with van der Waals surface area (Å²) in [5.41, 5.74) is -0.0708. The van der Waals surface area contributed by atoms with Gasteiger partial charge in [-0.05, 0) is 37.1 Å². The summed E-state index contributed by atoms with van der Waals surface area (Å²) in [4.78, 5) is 11.9. The van der Waals surface area contributed by atoms with Crippen LogP contribution in [0, 0.1) is 5.21 Å². The third-order valence-corrected chi connectivity index (χ3v) is 4.07. The summed E-state index contributed by atoms with van der Waals surface area (Å²) in [6.45, 7) is 1.75. The summed E-state index contributed by atoms with van der Waals surface area (Å²) in [6.07, 6.45) is 4.51. The first-order chi connectivity index (χ1) is 8.52. The second kappa shape index (κ2) is 5.22. The number of halogens is 1. The van der Waals surface area contributed by atoms with Gasteiger partial charge in [0.2, 0.25) is 11.3 Å². The first-order valence-corrected chi connectivity index (χ1v) is 6.92. The van der Waals surface area contributed by atoms with E-state index < -0.39 is 5.54 Å².